The number of hydrogen-bond acceptors (Lipinski definition) is 5. The van der Waals surface area contributed by atoms with Crippen molar-refractivity contribution in [2.45, 2.75) is 12.7 Å². The summed E-state index contributed by atoms with van der Waals surface area (Å²) in [5, 5.41) is 6.53. The predicted molar refractivity (Wildman–Crippen MR) is 129 cm³/mol. The highest BCUT2D eigenvalue weighted by molar-refractivity contribution is 6.33. The standard InChI is InChI=1S/C25H21ClF3N5O/c26-23-21(15-31-34(24(23)35)22-9-8-19(14-30-22)25(27,28)29)33-12-10-32(11-13-33)16-18-6-3-5-17-4-1-2-7-20(17)18/h1-9,14-15H,10-13,16H2. The summed E-state index contributed by atoms with van der Waals surface area (Å²) in [7, 11) is 0. The van der Waals surface area contributed by atoms with Gasteiger partial charge < -0.3 is 4.90 Å². The van der Waals surface area contributed by atoms with E-state index in [1.54, 1.807) is 0 Å². The third kappa shape index (κ3) is 4.74. The van der Waals surface area contributed by atoms with Gasteiger partial charge in [-0.25, -0.2) is 4.98 Å². The van der Waals surface area contributed by atoms with Crippen LogP contribution in [0.25, 0.3) is 16.6 Å². The second kappa shape index (κ2) is 9.31. The average Bonchev–Trinajstić information content (AvgIpc) is 2.86. The molecule has 1 aliphatic heterocycles. The van der Waals surface area contributed by atoms with E-state index >= 15 is 0 Å². The van der Waals surface area contributed by atoms with Crippen LogP contribution in [0, 0.1) is 0 Å². The van der Waals surface area contributed by atoms with Crippen molar-refractivity contribution in [1.29, 1.82) is 0 Å². The van der Waals surface area contributed by atoms with Crippen LogP contribution in [0.5, 0.6) is 0 Å². The van der Waals surface area contributed by atoms with Gasteiger partial charge in [0.2, 0.25) is 0 Å². The first kappa shape index (κ1) is 23.3. The molecule has 1 saturated heterocycles. The van der Waals surface area contributed by atoms with E-state index in [0.29, 0.717) is 25.0 Å². The molecule has 0 saturated carbocycles. The number of aromatic nitrogens is 3. The number of piperazine rings is 1. The SMILES string of the molecule is O=c1c(Cl)c(N2CCN(Cc3cccc4ccccc34)CC2)cnn1-c1ccc(C(F)(F)F)cn1. The molecule has 0 atom stereocenters. The summed E-state index contributed by atoms with van der Waals surface area (Å²) in [5.74, 6) is -0.0312. The molecular formula is C25H21ClF3N5O. The van der Waals surface area contributed by atoms with Gasteiger partial charge in [-0.2, -0.15) is 23.0 Å². The molecule has 0 amide bonds. The van der Waals surface area contributed by atoms with Crippen molar-refractivity contribution in [3.63, 3.8) is 0 Å². The number of hydrogen-bond donors (Lipinski definition) is 0. The summed E-state index contributed by atoms with van der Waals surface area (Å²) < 4.78 is 39.3. The van der Waals surface area contributed by atoms with Gasteiger partial charge in [0.25, 0.3) is 5.56 Å². The topological polar surface area (TPSA) is 54.3 Å². The molecule has 2 aromatic carbocycles. The first-order valence-corrected chi connectivity index (χ1v) is 11.4. The van der Waals surface area contributed by atoms with E-state index in [4.69, 9.17) is 11.6 Å². The zero-order chi connectivity index (χ0) is 24.6. The number of nitrogens with zero attached hydrogens (tertiary/aromatic N) is 5. The number of rotatable bonds is 4. The molecule has 2 aromatic heterocycles. The molecule has 6 nitrogen and oxygen atoms in total. The Hall–Kier alpha value is -3.43. The van der Waals surface area contributed by atoms with Crippen molar-refractivity contribution < 1.29 is 13.2 Å². The molecule has 35 heavy (non-hydrogen) atoms. The predicted octanol–water partition coefficient (Wildman–Crippen LogP) is 4.78. The third-order valence-corrected chi connectivity index (χ3v) is 6.53. The van der Waals surface area contributed by atoms with E-state index in [1.807, 2.05) is 17.0 Å². The molecule has 0 unspecified atom stereocenters. The number of fused-ring (bicyclic) bond motifs is 1. The molecular weight excluding hydrogens is 479 g/mol. The van der Waals surface area contributed by atoms with Crippen LogP contribution in [-0.2, 0) is 12.7 Å². The van der Waals surface area contributed by atoms with E-state index in [-0.39, 0.29) is 10.8 Å². The van der Waals surface area contributed by atoms with Crippen LogP contribution in [0.2, 0.25) is 5.02 Å². The molecule has 5 rings (SSSR count). The highest BCUT2D eigenvalue weighted by Crippen LogP contribution is 2.29. The van der Waals surface area contributed by atoms with Crippen molar-refractivity contribution >= 4 is 28.1 Å². The van der Waals surface area contributed by atoms with E-state index in [1.165, 1.54) is 22.5 Å². The Balaban J connectivity index is 1.29. The largest absolute Gasteiger partial charge is 0.417 e. The summed E-state index contributed by atoms with van der Waals surface area (Å²) >= 11 is 6.38. The molecule has 0 bridgehead atoms. The molecule has 180 valence electrons. The molecule has 10 heteroatoms. The first-order chi connectivity index (χ1) is 16.8. The smallest absolute Gasteiger partial charge is 0.366 e. The summed E-state index contributed by atoms with van der Waals surface area (Å²) in [6, 6.07) is 16.6. The Bertz CT molecular complexity index is 1410. The minimum absolute atomic E-state index is 0.0312. The Morgan fingerprint density at radius 3 is 2.37 bits per heavy atom. The molecule has 0 N–H and O–H groups in total. The van der Waals surface area contributed by atoms with Gasteiger partial charge >= 0.3 is 6.18 Å². The van der Waals surface area contributed by atoms with E-state index in [2.05, 4.69) is 45.3 Å². The lowest BCUT2D eigenvalue weighted by Gasteiger charge is -2.36. The lowest BCUT2D eigenvalue weighted by atomic mass is 10.0. The van der Waals surface area contributed by atoms with Crippen LogP contribution in [0.15, 0.2) is 71.8 Å². The monoisotopic (exact) mass is 499 g/mol. The summed E-state index contributed by atoms with van der Waals surface area (Å²) in [4.78, 5) is 20.9. The maximum Gasteiger partial charge on any atom is 0.417 e. The zero-order valence-corrected chi connectivity index (χ0v) is 19.3. The van der Waals surface area contributed by atoms with Crippen molar-refractivity contribution in [3.05, 3.63) is 93.5 Å². The molecule has 4 aromatic rings. The summed E-state index contributed by atoms with van der Waals surface area (Å²) in [6.07, 6.45) is -2.38. The van der Waals surface area contributed by atoms with Gasteiger partial charge in [-0.15, -0.1) is 0 Å². The normalized spacial score (nSPS) is 15.0. The second-order valence-electron chi connectivity index (χ2n) is 8.37. The first-order valence-electron chi connectivity index (χ1n) is 11.1. The number of halogens is 4. The van der Waals surface area contributed by atoms with E-state index in [0.717, 1.165) is 36.4 Å². The summed E-state index contributed by atoms with van der Waals surface area (Å²) in [6.45, 7) is 3.71. The fraction of sp³-hybridized carbons (Fsp3) is 0.240. The number of pyridine rings is 1. The quantitative estimate of drug-likeness (QED) is 0.405. The van der Waals surface area contributed by atoms with Crippen LogP contribution in [0.3, 0.4) is 0 Å². The molecule has 1 aliphatic rings. The van der Waals surface area contributed by atoms with Crippen LogP contribution >= 0.6 is 11.6 Å². The Kier molecular flexibility index (Phi) is 6.21. The average molecular weight is 500 g/mol. The lowest BCUT2D eigenvalue weighted by Crippen LogP contribution is -2.46. The molecule has 0 spiro atoms. The van der Waals surface area contributed by atoms with Crippen LogP contribution in [0.4, 0.5) is 18.9 Å². The molecule has 0 aliphatic carbocycles. The number of alkyl halides is 3. The second-order valence-corrected chi connectivity index (χ2v) is 8.74. The highest BCUT2D eigenvalue weighted by atomic mass is 35.5. The number of anilines is 1. The fourth-order valence-electron chi connectivity index (χ4n) is 4.30. The number of benzene rings is 2. The van der Waals surface area contributed by atoms with Crippen molar-refractivity contribution in [3.8, 4) is 5.82 Å². The maximum absolute atomic E-state index is 12.8. The van der Waals surface area contributed by atoms with Crippen LogP contribution in [-0.4, -0.2) is 45.8 Å². The summed E-state index contributed by atoms with van der Waals surface area (Å²) in [5.41, 5.74) is 0.237. The van der Waals surface area contributed by atoms with Crippen molar-refractivity contribution in [2.24, 2.45) is 0 Å². The third-order valence-electron chi connectivity index (χ3n) is 6.18. The fourth-order valence-corrected chi connectivity index (χ4v) is 4.55. The Labute approximate surface area is 204 Å². The minimum Gasteiger partial charge on any atom is -0.366 e. The van der Waals surface area contributed by atoms with Gasteiger partial charge in [0.15, 0.2) is 5.82 Å². The molecule has 1 fully saturated rings. The van der Waals surface area contributed by atoms with Gasteiger partial charge in [0, 0.05) is 38.9 Å². The van der Waals surface area contributed by atoms with Gasteiger partial charge in [-0.3, -0.25) is 9.69 Å². The van der Waals surface area contributed by atoms with E-state index in [9.17, 15) is 18.0 Å². The van der Waals surface area contributed by atoms with Gasteiger partial charge in [0.1, 0.15) is 5.02 Å². The van der Waals surface area contributed by atoms with Gasteiger partial charge in [-0.1, -0.05) is 54.1 Å². The zero-order valence-electron chi connectivity index (χ0n) is 18.5. The minimum atomic E-state index is -4.51. The highest BCUT2D eigenvalue weighted by Gasteiger charge is 2.31. The lowest BCUT2D eigenvalue weighted by molar-refractivity contribution is -0.137. The maximum atomic E-state index is 12.8. The van der Waals surface area contributed by atoms with Gasteiger partial charge in [0.05, 0.1) is 17.4 Å². The molecule has 0 radical (unpaired) electrons. The Morgan fingerprint density at radius 1 is 0.914 bits per heavy atom. The van der Waals surface area contributed by atoms with E-state index < -0.39 is 17.3 Å². The van der Waals surface area contributed by atoms with Crippen molar-refractivity contribution in [1.82, 2.24) is 19.7 Å². The van der Waals surface area contributed by atoms with Crippen LogP contribution in [0.1, 0.15) is 11.1 Å². The van der Waals surface area contributed by atoms with Gasteiger partial charge in [-0.05, 0) is 28.5 Å². The van der Waals surface area contributed by atoms with Crippen LogP contribution < -0.4 is 10.5 Å². The van der Waals surface area contributed by atoms with Crippen molar-refractivity contribution in [2.75, 3.05) is 31.1 Å². The Morgan fingerprint density at radius 2 is 1.66 bits per heavy atom. The molecule has 3 heterocycles.